The van der Waals surface area contributed by atoms with Gasteiger partial charge in [0.2, 0.25) is 5.91 Å². The molecule has 3 atom stereocenters. The number of aliphatic carboxylic acids is 1. The van der Waals surface area contributed by atoms with Crippen molar-refractivity contribution in [3.05, 3.63) is 107 Å². The number of carboxylic acid groups (broad SMARTS) is 1. The fraction of sp³-hybridized carbons (Fsp3) is 0.229. The molecule has 3 N–H and O–H groups in total. The molecule has 6 rings (SSSR count). The highest BCUT2D eigenvalue weighted by atomic mass is 35.5. The van der Waals surface area contributed by atoms with Crippen LogP contribution in [0, 0.1) is 11.8 Å². The van der Waals surface area contributed by atoms with E-state index < -0.39 is 45.4 Å². The van der Waals surface area contributed by atoms with Gasteiger partial charge in [0.25, 0.3) is 0 Å². The van der Waals surface area contributed by atoms with Gasteiger partial charge in [-0.15, -0.1) is 0 Å². The summed E-state index contributed by atoms with van der Waals surface area (Å²) in [5, 5.41) is 22.9. The second-order valence-electron chi connectivity index (χ2n) is 11.5. The van der Waals surface area contributed by atoms with E-state index in [2.05, 4.69) is 5.32 Å². The number of amides is 1. The molecular weight excluding hydrogens is 681 g/mol. The van der Waals surface area contributed by atoms with E-state index in [0.717, 1.165) is 11.8 Å². The Bertz CT molecular complexity index is 2100. The maximum Gasteiger partial charge on any atom is 0.341 e. The fourth-order valence-corrected chi connectivity index (χ4v) is 6.78. The summed E-state index contributed by atoms with van der Waals surface area (Å²) in [5.41, 5.74) is 0.0547. The highest BCUT2D eigenvalue weighted by Crippen LogP contribution is 2.35. The number of carbonyl (C=O) groups is 3. The van der Waals surface area contributed by atoms with E-state index in [-0.39, 0.29) is 4.90 Å². The van der Waals surface area contributed by atoms with Crippen molar-refractivity contribution in [1.29, 1.82) is 0 Å². The minimum absolute atomic E-state index is 0.169. The van der Waals surface area contributed by atoms with Crippen LogP contribution in [-0.2, 0) is 34.3 Å². The number of para-hydroxylation sites is 1. The lowest BCUT2D eigenvalue weighted by molar-refractivity contribution is -0.157. The average molecular weight is 713 g/mol. The van der Waals surface area contributed by atoms with Crippen molar-refractivity contribution in [3.63, 3.8) is 0 Å². The van der Waals surface area contributed by atoms with Gasteiger partial charge in [-0.2, -0.15) is 8.42 Å². The molecule has 48 heavy (non-hydrogen) atoms. The minimum atomic E-state index is -4.43. The zero-order valence-corrected chi connectivity index (χ0v) is 27.9. The van der Waals surface area contributed by atoms with Crippen LogP contribution in [0.2, 0.25) is 10.0 Å². The van der Waals surface area contributed by atoms with E-state index >= 15 is 0 Å². The molecule has 0 bridgehead atoms. The number of carboxylic acids is 1. The second kappa shape index (κ2) is 14.4. The number of anilines is 1. The summed E-state index contributed by atoms with van der Waals surface area (Å²) in [6, 6.07) is 24.5. The lowest BCUT2D eigenvalue weighted by Gasteiger charge is -2.28. The molecule has 1 aliphatic carbocycles. The Morgan fingerprint density at radius 1 is 0.854 bits per heavy atom. The number of benzene rings is 4. The molecule has 1 amide bonds. The van der Waals surface area contributed by atoms with Crippen LogP contribution in [0.5, 0.6) is 0 Å². The molecule has 1 heterocycles. The van der Waals surface area contributed by atoms with Gasteiger partial charge in [-0.3, -0.25) is 9.59 Å². The van der Waals surface area contributed by atoms with Crippen LogP contribution in [0.4, 0.5) is 5.69 Å². The fourth-order valence-electron chi connectivity index (χ4n) is 5.51. The Balaban J connectivity index is 0.000000318. The molecule has 0 radical (unpaired) electrons. The van der Waals surface area contributed by atoms with Gasteiger partial charge in [-0.1, -0.05) is 84.6 Å². The van der Waals surface area contributed by atoms with E-state index in [4.69, 9.17) is 36.9 Å². The van der Waals surface area contributed by atoms with E-state index in [1.165, 1.54) is 31.2 Å². The van der Waals surface area contributed by atoms with Gasteiger partial charge in [0.1, 0.15) is 16.1 Å². The van der Waals surface area contributed by atoms with Crippen LogP contribution in [0.1, 0.15) is 38.2 Å². The standard InChI is InChI=1S/C26H21Cl2NO6S.C9H10O3/c27-15-9-11-21(28)22(13-15)29-25(30)18-6-1-2-7-19(18)26(31)35-36(32,33)16-10-12-24-20(14-16)17-5-3-4-8-23(17)34-24;1-9(12,8(10)11)7-5-3-2-4-6-7/h3-5,8-14,18-19H,1-2,6-7H2,(H,29,30);2-6,12H,1H3,(H,10,11). The maximum absolute atomic E-state index is 13.1. The number of carbonyl (C=O) groups excluding carboxylic acids is 2. The largest absolute Gasteiger partial charge is 0.479 e. The monoisotopic (exact) mass is 711 g/mol. The summed E-state index contributed by atoms with van der Waals surface area (Å²) in [6.07, 6.45) is 2.15. The summed E-state index contributed by atoms with van der Waals surface area (Å²) >= 11 is 12.2. The molecular formula is C35H31Cl2NO9S. The highest BCUT2D eigenvalue weighted by molar-refractivity contribution is 7.87. The van der Waals surface area contributed by atoms with Crippen LogP contribution in [0.25, 0.3) is 21.9 Å². The Kier molecular flexibility index (Phi) is 10.4. The number of hydrogen-bond donors (Lipinski definition) is 3. The minimum Gasteiger partial charge on any atom is -0.479 e. The van der Waals surface area contributed by atoms with Crippen molar-refractivity contribution in [2.24, 2.45) is 11.8 Å². The summed E-state index contributed by atoms with van der Waals surface area (Å²) < 4.78 is 36.8. The molecule has 1 aliphatic rings. The predicted octanol–water partition coefficient (Wildman–Crippen LogP) is 7.55. The van der Waals surface area contributed by atoms with Crippen molar-refractivity contribution in [2.45, 2.75) is 43.1 Å². The van der Waals surface area contributed by atoms with Crippen LogP contribution < -0.4 is 5.32 Å². The first-order chi connectivity index (χ1) is 22.8. The van der Waals surface area contributed by atoms with Gasteiger partial charge in [0.15, 0.2) is 5.60 Å². The molecule has 0 aliphatic heterocycles. The number of furan rings is 1. The van der Waals surface area contributed by atoms with E-state index in [1.807, 2.05) is 18.2 Å². The van der Waals surface area contributed by atoms with Gasteiger partial charge in [-0.05, 0) is 67.8 Å². The van der Waals surface area contributed by atoms with Crippen LogP contribution in [0.3, 0.4) is 0 Å². The zero-order valence-electron chi connectivity index (χ0n) is 25.6. The molecule has 13 heteroatoms. The third kappa shape index (κ3) is 7.65. The normalized spacial score (nSPS) is 17.5. The second-order valence-corrected chi connectivity index (χ2v) is 13.9. The van der Waals surface area contributed by atoms with Crippen molar-refractivity contribution >= 4 is 78.8 Å². The summed E-state index contributed by atoms with van der Waals surface area (Å²) in [5.74, 6) is -4.32. The van der Waals surface area contributed by atoms with Gasteiger partial charge < -0.3 is 24.1 Å². The number of rotatable bonds is 7. The van der Waals surface area contributed by atoms with Crippen LogP contribution in [-0.4, -0.2) is 36.5 Å². The molecule has 1 saturated carbocycles. The molecule has 5 aromatic rings. The first-order valence-corrected chi connectivity index (χ1v) is 17.1. The number of aliphatic hydroxyl groups is 1. The van der Waals surface area contributed by atoms with Crippen molar-refractivity contribution in [1.82, 2.24) is 0 Å². The first-order valence-electron chi connectivity index (χ1n) is 14.9. The number of fused-ring (bicyclic) bond motifs is 3. The van der Waals surface area contributed by atoms with Gasteiger partial charge in [-0.25, -0.2) is 4.79 Å². The van der Waals surface area contributed by atoms with Crippen molar-refractivity contribution in [3.8, 4) is 0 Å². The Morgan fingerprint density at radius 3 is 2.21 bits per heavy atom. The third-order valence-corrected chi connectivity index (χ3v) is 9.95. The molecule has 10 nitrogen and oxygen atoms in total. The van der Waals surface area contributed by atoms with Crippen molar-refractivity contribution < 1.29 is 41.6 Å². The molecule has 1 aromatic heterocycles. The lowest BCUT2D eigenvalue weighted by atomic mass is 9.78. The molecule has 0 saturated heterocycles. The Hall–Kier alpha value is -4.42. The molecule has 3 unspecified atom stereocenters. The van der Waals surface area contributed by atoms with Gasteiger partial charge in [0, 0.05) is 15.8 Å². The van der Waals surface area contributed by atoms with Gasteiger partial charge in [0.05, 0.1) is 22.5 Å². The van der Waals surface area contributed by atoms with E-state index in [1.54, 1.807) is 48.5 Å². The number of halogens is 2. The van der Waals surface area contributed by atoms with E-state index in [0.29, 0.717) is 57.1 Å². The molecule has 4 aromatic carbocycles. The average Bonchev–Trinajstić information content (AvgIpc) is 3.45. The SMILES string of the molecule is CC(O)(C(=O)O)c1ccccc1.O=C(Nc1cc(Cl)ccc1Cl)C1CCCCC1C(=O)OS(=O)(=O)c1ccc2oc3ccccc3c2c1. The van der Waals surface area contributed by atoms with E-state index in [9.17, 15) is 27.9 Å². The molecule has 0 spiro atoms. The summed E-state index contributed by atoms with van der Waals surface area (Å²) in [4.78, 5) is 36.5. The summed E-state index contributed by atoms with van der Waals surface area (Å²) in [6.45, 7) is 1.25. The predicted molar refractivity (Wildman–Crippen MR) is 181 cm³/mol. The first kappa shape index (κ1) is 34.9. The topological polar surface area (TPSA) is 160 Å². The molecule has 1 fully saturated rings. The lowest BCUT2D eigenvalue weighted by Crippen LogP contribution is -2.37. The van der Waals surface area contributed by atoms with Crippen molar-refractivity contribution in [2.75, 3.05) is 5.32 Å². The molecule has 250 valence electrons. The number of hydrogen-bond acceptors (Lipinski definition) is 8. The zero-order chi connectivity index (χ0) is 34.6. The Labute approximate surface area is 286 Å². The quantitative estimate of drug-likeness (QED) is 0.145. The highest BCUT2D eigenvalue weighted by Gasteiger charge is 2.39. The smallest absolute Gasteiger partial charge is 0.341 e. The number of nitrogens with one attached hydrogen (secondary N) is 1. The maximum atomic E-state index is 13.1. The Morgan fingerprint density at radius 2 is 1.50 bits per heavy atom. The summed E-state index contributed by atoms with van der Waals surface area (Å²) in [7, 11) is -4.43. The van der Waals surface area contributed by atoms with Crippen LogP contribution >= 0.6 is 23.2 Å². The third-order valence-electron chi connectivity index (χ3n) is 8.17. The van der Waals surface area contributed by atoms with Gasteiger partial charge >= 0.3 is 22.1 Å². The van der Waals surface area contributed by atoms with Crippen LogP contribution in [0.15, 0.2) is 100 Å².